The number of hydrogen-bond donors (Lipinski definition) is 0. The van der Waals surface area contributed by atoms with Crippen LogP contribution in [0.4, 0.5) is 0 Å². The van der Waals surface area contributed by atoms with Gasteiger partial charge in [-0.15, -0.1) is 6.58 Å². The monoisotopic (exact) mass is 202 g/mol. The summed E-state index contributed by atoms with van der Waals surface area (Å²) in [5, 5.41) is 0. The van der Waals surface area contributed by atoms with Crippen molar-refractivity contribution in [3.8, 4) is 0 Å². The van der Waals surface area contributed by atoms with E-state index in [4.69, 9.17) is 9.16 Å². The molecule has 78 valence electrons. The van der Waals surface area contributed by atoms with Crippen LogP contribution in [-0.4, -0.2) is 29.6 Å². The smallest absolute Gasteiger partial charge is 0.161 e. The van der Waals surface area contributed by atoms with E-state index in [0.29, 0.717) is 0 Å². The Morgan fingerprint density at radius 2 is 2.15 bits per heavy atom. The number of hydrogen-bond acceptors (Lipinski definition) is 2. The molecule has 2 nitrogen and oxygen atoms in total. The van der Waals surface area contributed by atoms with Gasteiger partial charge in [-0.05, 0) is 25.8 Å². The van der Waals surface area contributed by atoms with Gasteiger partial charge in [0, 0.05) is 19.8 Å². The summed E-state index contributed by atoms with van der Waals surface area (Å²) in [6.07, 6.45) is 5.41. The molecule has 3 heteroatoms. The van der Waals surface area contributed by atoms with Gasteiger partial charge in [-0.1, -0.05) is 12.5 Å². The second-order valence-electron chi connectivity index (χ2n) is 2.95. The Morgan fingerprint density at radius 3 is 2.85 bits per heavy atom. The van der Waals surface area contributed by atoms with Crippen molar-refractivity contribution in [3.63, 3.8) is 0 Å². The molecule has 0 aromatic carbocycles. The van der Waals surface area contributed by atoms with E-state index in [0.717, 1.165) is 32.7 Å². The van der Waals surface area contributed by atoms with E-state index in [9.17, 15) is 0 Å². The van der Waals surface area contributed by atoms with Gasteiger partial charge in [0.25, 0.3) is 0 Å². The summed E-state index contributed by atoms with van der Waals surface area (Å²) >= 11 is 0. The Balaban J connectivity index is 2.79. The molecule has 0 saturated heterocycles. The first-order chi connectivity index (χ1) is 6.41. The number of unbranched alkanes of at least 4 members (excludes halogenated alkanes) is 1. The topological polar surface area (TPSA) is 18.5 Å². The third-order valence-electron chi connectivity index (χ3n) is 1.73. The van der Waals surface area contributed by atoms with E-state index >= 15 is 0 Å². The van der Waals surface area contributed by atoms with Crippen molar-refractivity contribution in [2.24, 2.45) is 0 Å². The highest BCUT2D eigenvalue weighted by atomic mass is 28.2. The fraction of sp³-hybridized carbons (Fsp3) is 0.800. The number of ether oxygens (including phenoxy) is 1. The summed E-state index contributed by atoms with van der Waals surface area (Å²) < 4.78 is 10.8. The van der Waals surface area contributed by atoms with Gasteiger partial charge in [0.2, 0.25) is 0 Å². The molecule has 0 rings (SSSR count). The van der Waals surface area contributed by atoms with E-state index in [1.54, 1.807) is 0 Å². The van der Waals surface area contributed by atoms with Gasteiger partial charge in [0.1, 0.15) is 0 Å². The Kier molecular flexibility index (Phi) is 11.8. The molecule has 0 spiro atoms. The zero-order valence-electron chi connectivity index (χ0n) is 8.76. The van der Waals surface area contributed by atoms with Crippen molar-refractivity contribution >= 4 is 9.76 Å². The quantitative estimate of drug-likeness (QED) is 0.306. The van der Waals surface area contributed by atoms with Gasteiger partial charge in [0.15, 0.2) is 9.76 Å². The minimum Gasteiger partial charge on any atom is -0.424 e. The summed E-state index contributed by atoms with van der Waals surface area (Å²) in [4.78, 5) is 0. The van der Waals surface area contributed by atoms with Gasteiger partial charge in [-0.25, -0.2) is 0 Å². The van der Waals surface area contributed by atoms with Gasteiger partial charge < -0.3 is 9.16 Å². The molecule has 0 aliphatic heterocycles. The Hall–Kier alpha value is -0.123. The molecule has 0 atom stereocenters. The maximum atomic E-state index is 5.55. The molecule has 0 N–H and O–H groups in total. The first kappa shape index (κ1) is 12.9. The normalized spacial score (nSPS) is 11.2. The molecular weight excluding hydrogens is 180 g/mol. The van der Waals surface area contributed by atoms with Crippen LogP contribution in [0.3, 0.4) is 0 Å². The standard InChI is InChI=1S/C10H22O2Si/c1-3-5-6-10-13-12-9-7-8-11-4-2/h3H,1,4-10,13H2,2H3. The van der Waals surface area contributed by atoms with Crippen molar-refractivity contribution in [1.29, 1.82) is 0 Å². The summed E-state index contributed by atoms with van der Waals surface area (Å²) in [5.74, 6) is 0. The fourth-order valence-corrected chi connectivity index (χ4v) is 2.11. The predicted octanol–water partition coefficient (Wildman–Crippen LogP) is 1.90. The van der Waals surface area contributed by atoms with Crippen LogP contribution < -0.4 is 0 Å². The maximum absolute atomic E-state index is 5.55. The lowest BCUT2D eigenvalue weighted by Crippen LogP contribution is -2.03. The summed E-state index contributed by atoms with van der Waals surface area (Å²) in [7, 11) is -0.247. The molecule has 0 heterocycles. The van der Waals surface area contributed by atoms with Crippen LogP contribution in [0.2, 0.25) is 6.04 Å². The lowest BCUT2D eigenvalue weighted by molar-refractivity contribution is 0.131. The molecule has 13 heavy (non-hydrogen) atoms. The summed E-state index contributed by atoms with van der Waals surface area (Å²) in [6.45, 7) is 8.26. The largest absolute Gasteiger partial charge is 0.424 e. The molecule has 0 bridgehead atoms. The van der Waals surface area contributed by atoms with Gasteiger partial charge in [0.05, 0.1) is 0 Å². The van der Waals surface area contributed by atoms with Gasteiger partial charge in [-0.2, -0.15) is 0 Å². The third-order valence-corrected chi connectivity index (χ3v) is 3.09. The third kappa shape index (κ3) is 11.9. The van der Waals surface area contributed by atoms with E-state index < -0.39 is 0 Å². The lowest BCUT2D eigenvalue weighted by atomic mass is 10.3. The zero-order valence-corrected chi connectivity index (χ0v) is 10.2. The van der Waals surface area contributed by atoms with Crippen molar-refractivity contribution in [1.82, 2.24) is 0 Å². The second-order valence-corrected chi connectivity index (χ2v) is 4.47. The molecule has 0 fully saturated rings. The lowest BCUT2D eigenvalue weighted by Gasteiger charge is -2.03. The van der Waals surface area contributed by atoms with Crippen molar-refractivity contribution < 1.29 is 9.16 Å². The number of allylic oxidation sites excluding steroid dienone is 1. The van der Waals surface area contributed by atoms with Crippen LogP contribution in [-0.2, 0) is 9.16 Å². The minimum atomic E-state index is -0.247. The van der Waals surface area contributed by atoms with Crippen molar-refractivity contribution in [3.05, 3.63) is 12.7 Å². The van der Waals surface area contributed by atoms with Crippen LogP contribution in [0.15, 0.2) is 12.7 Å². The average molecular weight is 202 g/mol. The highest BCUT2D eigenvalue weighted by molar-refractivity contribution is 6.26. The van der Waals surface area contributed by atoms with Crippen molar-refractivity contribution in [2.75, 3.05) is 19.8 Å². The molecule has 0 unspecified atom stereocenters. The highest BCUT2D eigenvalue weighted by Gasteiger charge is 1.90. The molecule has 0 aliphatic carbocycles. The minimum absolute atomic E-state index is 0.247. The van der Waals surface area contributed by atoms with Crippen LogP contribution in [0, 0.1) is 0 Å². The molecule has 0 aliphatic rings. The maximum Gasteiger partial charge on any atom is 0.161 e. The van der Waals surface area contributed by atoms with Crippen LogP contribution in [0.25, 0.3) is 0 Å². The van der Waals surface area contributed by atoms with Gasteiger partial charge >= 0.3 is 0 Å². The van der Waals surface area contributed by atoms with E-state index in [1.807, 2.05) is 13.0 Å². The van der Waals surface area contributed by atoms with Crippen molar-refractivity contribution in [2.45, 2.75) is 32.2 Å². The predicted molar refractivity (Wildman–Crippen MR) is 59.8 cm³/mol. The first-order valence-electron chi connectivity index (χ1n) is 5.18. The number of rotatable bonds is 10. The fourth-order valence-electron chi connectivity index (χ4n) is 1.00. The van der Waals surface area contributed by atoms with Crippen LogP contribution in [0.1, 0.15) is 26.2 Å². The Labute approximate surface area is 84.3 Å². The molecule has 0 aromatic heterocycles. The summed E-state index contributed by atoms with van der Waals surface area (Å²) in [5.41, 5.74) is 0. The second kappa shape index (κ2) is 11.9. The highest BCUT2D eigenvalue weighted by Crippen LogP contribution is 1.96. The molecular formula is C10H22O2Si. The summed E-state index contributed by atoms with van der Waals surface area (Å²) in [6, 6.07) is 1.28. The SMILES string of the molecule is C=CCCC[SiH2]OCCCOCC. The Morgan fingerprint density at radius 1 is 1.31 bits per heavy atom. The molecule has 0 amide bonds. The molecule has 0 aromatic rings. The van der Waals surface area contributed by atoms with Gasteiger partial charge in [-0.3, -0.25) is 0 Å². The van der Waals surface area contributed by atoms with E-state index in [-0.39, 0.29) is 9.76 Å². The average Bonchev–Trinajstić information content (AvgIpc) is 2.16. The zero-order chi connectivity index (χ0) is 9.78. The van der Waals surface area contributed by atoms with E-state index in [2.05, 4.69) is 6.58 Å². The van der Waals surface area contributed by atoms with E-state index in [1.165, 1.54) is 12.5 Å². The molecule has 0 saturated carbocycles. The van der Waals surface area contributed by atoms with Crippen LogP contribution >= 0.6 is 0 Å². The van der Waals surface area contributed by atoms with Crippen LogP contribution in [0.5, 0.6) is 0 Å². The molecule has 0 radical (unpaired) electrons. The Bertz CT molecular complexity index is 107. The first-order valence-corrected chi connectivity index (χ1v) is 6.76.